The molecule has 0 N–H and O–H groups in total. The Hall–Kier alpha value is -1.43. The van der Waals surface area contributed by atoms with E-state index < -0.39 is 0 Å². The van der Waals surface area contributed by atoms with Gasteiger partial charge in [-0.25, -0.2) is 0 Å². The van der Waals surface area contributed by atoms with E-state index in [0.717, 1.165) is 64.7 Å². The lowest BCUT2D eigenvalue weighted by Crippen LogP contribution is -2.35. The third-order valence-corrected chi connectivity index (χ3v) is 5.43. The molecule has 140 valence electrons. The van der Waals surface area contributed by atoms with Crippen molar-refractivity contribution in [2.75, 3.05) is 19.8 Å². The highest BCUT2D eigenvalue weighted by Crippen LogP contribution is 2.31. The smallest absolute Gasteiger partial charge is 0.229 e. The van der Waals surface area contributed by atoms with Crippen LogP contribution in [0.5, 0.6) is 0 Å². The van der Waals surface area contributed by atoms with Gasteiger partial charge >= 0.3 is 0 Å². The van der Waals surface area contributed by atoms with E-state index in [9.17, 15) is 4.79 Å². The Labute approximate surface area is 150 Å². The minimum Gasteiger partial charge on any atom is -0.381 e. The number of amides is 1. The maximum atomic E-state index is 12.9. The van der Waals surface area contributed by atoms with Gasteiger partial charge in [-0.3, -0.25) is 4.79 Å². The summed E-state index contributed by atoms with van der Waals surface area (Å²) in [7, 11) is 0. The molecule has 2 saturated heterocycles. The summed E-state index contributed by atoms with van der Waals surface area (Å²) in [5, 5.41) is 4.19. The van der Waals surface area contributed by atoms with Gasteiger partial charge in [0.2, 0.25) is 11.8 Å². The molecule has 0 aliphatic carbocycles. The zero-order valence-electron chi connectivity index (χ0n) is 15.6. The molecule has 3 rings (SSSR count). The predicted molar refractivity (Wildman–Crippen MR) is 94.1 cm³/mol. The summed E-state index contributed by atoms with van der Waals surface area (Å²) in [6, 6.07) is -0.0269. The van der Waals surface area contributed by atoms with Gasteiger partial charge in [0.05, 0.1) is 6.04 Å². The number of hydrogen-bond donors (Lipinski definition) is 0. The van der Waals surface area contributed by atoms with Crippen molar-refractivity contribution in [3.63, 3.8) is 0 Å². The Morgan fingerprint density at radius 1 is 1.20 bits per heavy atom. The van der Waals surface area contributed by atoms with Crippen LogP contribution in [0, 0.1) is 5.92 Å². The Bertz CT molecular complexity index is 552. The number of nitrogens with zero attached hydrogens (tertiary/aromatic N) is 3. The van der Waals surface area contributed by atoms with Crippen molar-refractivity contribution in [1.29, 1.82) is 0 Å². The Morgan fingerprint density at radius 3 is 2.72 bits per heavy atom. The molecule has 25 heavy (non-hydrogen) atoms. The highest BCUT2D eigenvalue weighted by molar-refractivity contribution is 5.76. The van der Waals surface area contributed by atoms with Gasteiger partial charge in [0.15, 0.2) is 5.82 Å². The third-order valence-electron chi connectivity index (χ3n) is 5.43. The van der Waals surface area contributed by atoms with Crippen LogP contribution in [-0.2, 0) is 9.53 Å². The predicted octanol–water partition coefficient (Wildman–Crippen LogP) is 3.84. The van der Waals surface area contributed by atoms with Crippen LogP contribution in [-0.4, -0.2) is 40.7 Å². The van der Waals surface area contributed by atoms with E-state index in [1.165, 1.54) is 0 Å². The highest BCUT2D eigenvalue weighted by Gasteiger charge is 2.31. The van der Waals surface area contributed by atoms with E-state index in [2.05, 4.69) is 10.1 Å². The summed E-state index contributed by atoms with van der Waals surface area (Å²) in [5.41, 5.74) is 0. The lowest BCUT2D eigenvalue weighted by Gasteiger charge is -2.29. The quantitative estimate of drug-likeness (QED) is 0.808. The van der Waals surface area contributed by atoms with Crippen LogP contribution in [0.4, 0.5) is 0 Å². The number of hydrogen-bond acceptors (Lipinski definition) is 5. The van der Waals surface area contributed by atoms with Crippen molar-refractivity contribution in [3.05, 3.63) is 11.7 Å². The lowest BCUT2D eigenvalue weighted by atomic mass is 9.94. The largest absolute Gasteiger partial charge is 0.381 e. The standard InChI is InChI=1S/C19H31N3O3/c1-14(2)19-20-18(21-25-19)16-6-4-3-5-11-22(16)17(23)8-7-15-9-12-24-13-10-15/h14-16H,3-13H2,1-2H3. The average molecular weight is 349 g/mol. The summed E-state index contributed by atoms with van der Waals surface area (Å²) < 4.78 is 10.8. The molecule has 0 radical (unpaired) electrons. The first kappa shape index (κ1) is 18.4. The van der Waals surface area contributed by atoms with E-state index in [4.69, 9.17) is 9.26 Å². The maximum absolute atomic E-state index is 12.9. The molecule has 0 spiro atoms. The molecule has 3 heterocycles. The minimum absolute atomic E-state index is 0.0269. The first-order valence-electron chi connectivity index (χ1n) is 9.86. The van der Waals surface area contributed by atoms with Crippen molar-refractivity contribution in [2.45, 2.75) is 77.2 Å². The zero-order valence-corrected chi connectivity index (χ0v) is 15.6. The maximum Gasteiger partial charge on any atom is 0.229 e. The van der Waals surface area contributed by atoms with Gasteiger partial charge < -0.3 is 14.2 Å². The Morgan fingerprint density at radius 2 is 2.00 bits per heavy atom. The molecule has 1 amide bonds. The number of aromatic nitrogens is 2. The van der Waals surface area contributed by atoms with Crippen molar-refractivity contribution in [3.8, 4) is 0 Å². The summed E-state index contributed by atoms with van der Waals surface area (Å²) in [6.07, 6.45) is 8.02. The van der Waals surface area contributed by atoms with Crippen LogP contribution >= 0.6 is 0 Å². The minimum atomic E-state index is -0.0269. The van der Waals surface area contributed by atoms with Crippen molar-refractivity contribution < 1.29 is 14.1 Å². The van der Waals surface area contributed by atoms with Crippen LogP contribution < -0.4 is 0 Å². The number of carbonyl (C=O) groups is 1. The molecule has 2 fully saturated rings. The van der Waals surface area contributed by atoms with Gasteiger partial charge in [-0.1, -0.05) is 31.8 Å². The number of carbonyl (C=O) groups excluding carboxylic acids is 1. The summed E-state index contributed by atoms with van der Waals surface area (Å²) >= 11 is 0. The number of ether oxygens (including phenoxy) is 1. The normalized spacial score (nSPS) is 23.0. The monoisotopic (exact) mass is 349 g/mol. The van der Waals surface area contributed by atoms with Crippen molar-refractivity contribution in [1.82, 2.24) is 15.0 Å². The third kappa shape index (κ3) is 4.81. The van der Waals surface area contributed by atoms with E-state index in [-0.39, 0.29) is 17.9 Å². The molecule has 1 aromatic heterocycles. The molecular weight excluding hydrogens is 318 g/mol. The van der Waals surface area contributed by atoms with Crippen LogP contribution in [0.15, 0.2) is 4.52 Å². The molecule has 0 bridgehead atoms. The number of likely N-dealkylation sites (tertiary alicyclic amines) is 1. The van der Waals surface area contributed by atoms with Gasteiger partial charge in [0.25, 0.3) is 0 Å². The zero-order chi connectivity index (χ0) is 17.6. The van der Waals surface area contributed by atoms with Crippen LogP contribution in [0.3, 0.4) is 0 Å². The molecule has 1 unspecified atom stereocenters. The lowest BCUT2D eigenvalue weighted by molar-refractivity contribution is -0.134. The molecule has 0 aromatic carbocycles. The molecule has 6 nitrogen and oxygen atoms in total. The van der Waals surface area contributed by atoms with Gasteiger partial charge in [0, 0.05) is 32.1 Å². The molecule has 1 atom stereocenters. The summed E-state index contributed by atoms with van der Waals surface area (Å²) in [4.78, 5) is 19.5. The van der Waals surface area contributed by atoms with E-state index in [0.29, 0.717) is 24.1 Å². The molecular formula is C19H31N3O3. The van der Waals surface area contributed by atoms with E-state index in [1.54, 1.807) is 0 Å². The fourth-order valence-electron chi connectivity index (χ4n) is 3.80. The second-order valence-corrected chi connectivity index (χ2v) is 7.69. The Kier molecular flexibility index (Phi) is 6.45. The molecule has 0 saturated carbocycles. The first-order chi connectivity index (χ1) is 12.1. The fraction of sp³-hybridized carbons (Fsp3) is 0.842. The van der Waals surface area contributed by atoms with E-state index in [1.807, 2.05) is 18.7 Å². The van der Waals surface area contributed by atoms with Gasteiger partial charge in [-0.2, -0.15) is 4.98 Å². The topological polar surface area (TPSA) is 68.5 Å². The van der Waals surface area contributed by atoms with Crippen LogP contribution in [0.2, 0.25) is 0 Å². The second kappa shape index (κ2) is 8.79. The fourth-order valence-corrected chi connectivity index (χ4v) is 3.80. The van der Waals surface area contributed by atoms with Crippen LogP contribution in [0.25, 0.3) is 0 Å². The van der Waals surface area contributed by atoms with E-state index >= 15 is 0 Å². The van der Waals surface area contributed by atoms with Crippen molar-refractivity contribution >= 4 is 5.91 Å². The number of rotatable bonds is 5. The highest BCUT2D eigenvalue weighted by atomic mass is 16.5. The van der Waals surface area contributed by atoms with Crippen LogP contribution in [0.1, 0.15) is 88.9 Å². The molecule has 2 aliphatic heterocycles. The molecule has 1 aromatic rings. The van der Waals surface area contributed by atoms with Gasteiger partial charge in [-0.15, -0.1) is 0 Å². The molecule has 6 heteroatoms. The van der Waals surface area contributed by atoms with Gasteiger partial charge in [-0.05, 0) is 38.0 Å². The first-order valence-corrected chi connectivity index (χ1v) is 9.86. The van der Waals surface area contributed by atoms with Crippen molar-refractivity contribution in [2.24, 2.45) is 5.92 Å². The SMILES string of the molecule is CC(C)c1nc(C2CCCCCN2C(=O)CCC2CCOCC2)no1. The van der Waals surface area contributed by atoms with Gasteiger partial charge in [0.1, 0.15) is 0 Å². The average Bonchev–Trinajstić information content (AvgIpc) is 2.99. The summed E-state index contributed by atoms with van der Waals surface area (Å²) in [5.74, 6) is 2.43. The molecule has 2 aliphatic rings. The summed E-state index contributed by atoms with van der Waals surface area (Å²) in [6.45, 7) is 6.57. The Balaban J connectivity index is 1.65. The second-order valence-electron chi connectivity index (χ2n) is 7.69.